The molecule has 0 amide bonds. The van der Waals surface area contributed by atoms with Crippen molar-refractivity contribution in [1.82, 2.24) is 4.98 Å². The lowest BCUT2D eigenvalue weighted by Gasteiger charge is -2.14. The van der Waals surface area contributed by atoms with Gasteiger partial charge in [-0.1, -0.05) is 17.7 Å². The fourth-order valence-corrected chi connectivity index (χ4v) is 2.16. The van der Waals surface area contributed by atoms with Gasteiger partial charge in [-0.2, -0.15) is 0 Å². The van der Waals surface area contributed by atoms with Gasteiger partial charge in [0, 0.05) is 16.9 Å². The van der Waals surface area contributed by atoms with Crippen molar-refractivity contribution in [2.24, 2.45) is 0 Å². The topological polar surface area (TPSA) is 71.1 Å². The molecule has 0 unspecified atom stereocenters. The highest BCUT2D eigenvalue weighted by atomic mass is 35.5. The molecule has 3 aromatic rings. The minimum absolute atomic E-state index is 0.267. The van der Waals surface area contributed by atoms with E-state index < -0.39 is 10.9 Å². The van der Waals surface area contributed by atoms with Gasteiger partial charge < -0.3 is 10.6 Å². The summed E-state index contributed by atoms with van der Waals surface area (Å²) in [5, 5.41) is 6.50. The van der Waals surface area contributed by atoms with E-state index in [-0.39, 0.29) is 11.4 Å². The molecule has 6 heteroatoms. The second-order valence-corrected chi connectivity index (χ2v) is 5.15. The highest BCUT2D eigenvalue weighted by Gasteiger charge is 2.20. The lowest BCUT2D eigenvalue weighted by Crippen LogP contribution is -2.36. The second kappa shape index (κ2) is 5.99. The largest absolute Gasteiger partial charge is 0.374 e. The molecular weight excluding hydrogens is 302 g/mol. The number of rotatable bonds is 5. The molecule has 0 aliphatic carbocycles. The molecule has 3 rings (SSSR count). The van der Waals surface area contributed by atoms with Gasteiger partial charge in [0.25, 0.3) is 10.9 Å². The zero-order valence-corrected chi connectivity index (χ0v) is 12.2. The molecule has 1 aromatic heterocycles. The van der Waals surface area contributed by atoms with Crippen LogP contribution in [0, 0.1) is 0 Å². The van der Waals surface area contributed by atoms with Gasteiger partial charge in [0.1, 0.15) is 11.4 Å². The molecule has 0 atom stereocenters. The maximum absolute atomic E-state index is 11.7. The third-order valence-electron chi connectivity index (χ3n) is 3.20. The number of nitrogens with one attached hydrogen (secondary N) is 2. The number of anilines is 3. The average molecular weight is 314 g/mol. The molecule has 0 bridgehead atoms. The first kappa shape index (κ1) is 14.3. The molecule has 0 radical (unpaired) electrons. The number of hydrogen-bond donors (Lipinski definition) is 2. The van der Waals surface area contributed by atoms with E-state index in [2.05, 4.69) is 15.6 Å². The number of halogens is 1. The SMILES string of the molecule is O=c1c(NCc2ccccn2)c(Nc2ccc(Cl)cc2)c1=O. The highest BCUT2D eigenvalue weighted by molar-refractivity contribution is 6.30. The Kier molecular flexibility index (Phi) is 3.89. The smallest absolute Gasteiger partial charge is 0.253 e. The Morgan fingerprint density at radius 2 is 1.68 bits per heavy atom. The third kappa shape index (κ3) is 2.84. The predicted octanol–water partition coefficient (Wildman–Crippen LogP) is 2.69. The Morgan fingerprint density at radius 3 is 2.36 bits per heavy atom. The quantitative estimate of drug-likeness (QED) is 0.709. The summed E-state index contributed by atoms with van der Waals surface area (Å²) in [6.07, 6.45) is 1.67. The summed E-state index contributed by atoms with van der Waals surface area (Å²) in [5.41, 5.74) is 0.977. The summed E-state index contributed by atoms with van der Waals surface area (Å²) in [6, 6.07) is 12.4. The third-order valence-corrected chi connectivity index (χ3v) is 3.45. The van der Waals surface area contributed by atoms with Crippen LogP contribution in [-0.4, -0.2) is 4.98 Å². The maximum atomic E-state index is 11.7. The van der Waals surface area contributed by atoms with E-state index in [9.17, 15) is 9.59 Å². The Balaban J connectivity index is 1.76. The van der Waals surface area contributed by atoms with Crippen LogP contribution >= 0.6 is 11.6 Å². The summed E-state index contributed by atoms with van der Waals surface area (Å²) in [7, 11) is 0. The van der Waals surface area contributed by atoms with Gasteiger partial charge >= 0.3 is 0 Å². The first-order valence-electron chi connectivity index (χ1n) is 6.65. The number of aromatic nitrogens is 1. The van der Waals surface area contributed by atoms with E-state index in [0.717, 1.165) is 5.69 Å². The molecule has 2 aromatic carbocycles. The van der Waals surface area contributed by atoms with Gasteiger partial charge in [-0.3, -0.25) is 14.6 Å². The molecule has 0 spiro atoms. The molecule has 1 heterocycles. The summed E-state index contributed by atoms with van der Waals surface area (Å²) in [6.45, 7) is 0.376. The van der Waals surface area contributed by atoms with Crippen LogP contribution < -0.4 is 21.5 Å². The van der Waals surface area contributed by atoms with Gasteiger partial charge in [0.2, 0.25) is 0 Å². The minimum Gasteiger partial charge on any atom is -0.374 e. The molecule has 0 saturated carbocycles. The van der Waals surface area contributed by atoms with Crippen molar-refractivity contribution in [2.75, 3.05) is 10.6 Å². The van der Waals surface area contributed by atoms with Crippen LogP contribution in [0.3, 0.4) is 0 Å². The van der Waals surface area contributed by atoms with E-state index in [1.54, 1.807) is 30.5 Å². The number of nitrogens with zero attached hydrogens (tertiary/aromatic N) is 1. The summed E-state index contributed by atoms with van der Waals surface area (Å²) >= 11 is 5.81. The Hall–Kier alpha value is -2.66. The average Bonchev–Trinajstić information content (AvgIpc) is 2.56. The van der Waals surface area contributed by atoms with E-state index in [0.29, 0.717) is 17.3 Å². The zero-order chi connectivity index (χ0) is 15.5. The van der Waals surface area contributed by atoms with Crippen LogP contribution in [0.2, 0.25) is 5.02 Å². The fourth-order valence-electron chi connectivity index (χ4n) is 2.04. The lowest BCUT2D eigenvalue weighted by molar-refractivity contribution is 1.04. The zero-order valence-electron chi connectivity index (χ0n) is 11.5. The first-order valence-corrected chi connectivity index (χ1v) is 7.02. The molecular formula is C16H12ClN3O2. The standard InChI is InChI=1S/C16H12ClN3O2/c17-10-4-6-11(7-5-10)20-14-13(15(21)16(14)22)19-9-12-3-1-2-8-18-12/h1-8,19-20H,9H2. The van der Waals surface area contributed by atoms with Crippen molar-refractivity contribution >= 4 is 28.7 Å². The van der Waals surface area contributed by atoms with Crippen LogP contribution in [0.5, 0.6) is 0 Å². The number of hydrogen-bond acceptors (Lipinski definition) is 5. The number of benzene rings is 1. The molecule has 0 saturated heterocycles. The van der Waals surface area contributed by atoms with Crippen molar-refractivity contribution < 1.29 is 0 Å². The molecule has 2 N–H and O–H groups in total. The van der Waals surface area contributed by atoms with E-state index in [1.807, 2.05) is 18.2 Å². The van der Waals surface area contributed by atoms with Gasteiger partial charge in [-0.25, -0.2) is 0 Å². The van der Waals surface area contributed by atoms with Crippen LogP contribution in [0.15, 0.2) is 58.3 Å². The van der Waals surface area contributed by atoms with Crippen molar-refractivity contribution in [3.8, 4) is 0 Å². The first-order chi connectivity index (χ1) is 10.6. The van der Waals surface area contributed by atoms with Crippen LogP contribution in [-0.2, 0) is 6.54 Å². The van der Waals surface area contributed by atoms with Crippen molar-refractivity contribution in [3.05, 3.63) is 79.8 Å². The molecule has 22 heavy (non-hydrogen) atoms. The van der Waals surface area contributed by atoms with Crippen LogP contribution in [0.1, 0.15) is 5.69 Å². The predicted molar refractivity (Wildman–Crippen MR) is 87.7 cm³/mol. The van der Waals surface area contributed by atoms with Crippen LogP contribution in [0.4, 0.5) is 17.1 Å². The fraction of sp³-hybridized carbons (Fsp3) is 0.0625. The number of pyridine rings is 1. The van der Waals surface area contributed by atoms with E-state index in [4.69, 9.17) is 11.6 Å². The minimum atomic E-state index is -0.529. The maximum Gasteiger partial charge on any atom is 0.253 e. The van der Waals surface area contributed by atoms with Gasteiger partial charge in [-0.15, -0.1) is 0 Å². The summed E-state index contributed by atoms with van der Waals surface area (Å²) in [4.78, 5) is 27.5. The highest BCUT2D eigenvalue weighted by Crippen LogP contribution is 2.22. The Labute approximate surface area is 131 Å². The van der Waals surface area contributed by atoms with E-state index in [1.165, 1.54) is 0 Å². The molecule has 0 aliphatic rings. The lowest BCUT2D eigenvalue weighted by atomic mass is 10.1. The monoisotopic (exact) mass is 313 g/mol. The summed E-state index contributed by atoms with van der Waals surface area (Å²) in [5.74, 6) is 0. The van der Waals surface area contributed by atoms with Gasteiger partial charge in [-0.05, 0) is 36.4 Å². The molecule has 0 aliphatic heterocycles. The molecule has 0 fully saturated rings. The van der Waals surface area contributed by atoms with Gasteiger partial charge in [0.15, 0.2) is 0 Å². The van der Waals surface area contributed by atoms with Crippen molar-refractivity contribution in [2.45, 2.75) is 6.54 Å². The van der Waals surface area contributed by atoms with Crippen LogP contribution in [0.25, 0.3) is 0 Å². The van der Waals surface area contributed by atoms with Crippen molar-refractivity contribution in [3.63, 3.8) is 0 Å². The molecule has 5 nitrogen and oxygen atoms in total. The second-order valence-electron chi connectivity index (χ2n) is 4.71. The van der Waals surface area contributed by atoms with Gasteiger partial charge in [0.05, 0.1) is 12.2 Å². The van der Waals surface area contributed by atoms with Crippen molar-refractivity contribution in [1.29, 1.82) is 0 Å². The molecule has 110 valence electrons. The Bertz CT molecular complexity index is 853. The summed E-state index contributed by atoms with van der Waals surface area (Å²) < 4.78 is 0. The Morgan fingerprint density at radius 1 is 0.955 bits per heavy atom. The van der Waals surface area contributed by atoms with E-state index >= 15 is 0 Å². The normalized spacial score (nSPS) is 10.6.